The van der Waals surface area contributed by atoms with E-state index in [0.717, 1.165) is 57.8 Å². The lowest BCUT2D eigenvalue weighted by Gasteiger charge is -2.39. The Morgan fingerprint density at radius 3 is 1.52 bits per heavy atom. The van der Waals surface area contributed by atoms with Crippen LogP contribution in [0.15, 0.2) is 24.3 Å². The zero-order chi connectivity index (χ0) is 38.1. The number of rotatable bonds is 34. The molecule has 10 heteroatoms. The summed E-state index contributed by atoms with van der Waals surface area (Å²) >= 11 is 0. The summed E-state index contributed by atoms with van der Waals surface area (Å²) < 4.78 is 22.1. The molecule has 0 bridgehead atoms. The fraction of sp³-hybridized carbons (Fsp3) is 0.857. The monoisotopic (exact) mass is 741 g/mol. The predicted molar refractivity (Wildman–Crippen MR) is 206 cm³/mol. The standard InChI is InChI=1S/C42H76O10/c1-3-5-7-9-11-13-15-17-19-20-22-24-26-28-30-37(44)49-33-35(34-50-42-41(48)40(47)39(46)36(32-43)52-42)51-38(45)31-29-27-25-23-21-18-16-14-12-10-8-6-4-2/h15,17-18,21,35-36,39-43,46-48H,3-14,16,19-20,22-34H2,1-2H3/b17-15+,21-18+/t35-,36-,39+,40?,41?,42-/m0/s1. The van der Waals surface area contributed by atoms with Gasteiger partial charge in [0.25, 0.3) is 0 Å². The van der Waals surface area contributed by atoms with Crippen LogP contribution in [0.5, 0.6) is 0 Å². The van der Waals surface area contributed by atoms with Crippen LogP contribution in [0.4, 0.5) is 0 Å². The highest BCUT2D eigenvalue weighted by molar-refractivity contribution is 5.70. The topological polar surface area (TPSA) is 152 Å². The van der Waals surface area contributed by atoms with Gasteiger partial charge in [0.1, 0.15) is 31.0 Å². The van der Waals surface area contributed by atoms with Crippen LogP contribution in [-0.2, 0) is 28.5 Å². The number of aliphatic hydroxyl groups excluding tert-OH is 4. The fourth-order valence-electron chi connectivity index (χ4n) is 6.18. The minimum absolute atomic E-state index is 0.209. The summed E-state index contributed by atoms with van der Waals surface area (Å²) in [5, 5.41) is 40.0. The molecule has 1 aliphatic heterocycles. The lowest BCUT2D eigenvalue weighted by molar-refractivity contribution is -0.305. The van der Waals surface area contributed by atoms with E-state index < -0.39 is 49.4 Å². The van der Waals surface area contributed by atoms with E-state index in [-0.39, 0.29) is 32.0 Å². The van der Waals surface area contributed by atoms with Gasteiger partial charge in [0.15, 0.2) is 12.4 Å². The molecule has 0 aromatic rings. The van der Waals surface area contributed by atoms with Crippen LogP contribution in [0.2, 0.25) is 0 Å². The molecule has 0 spiro atoms. The van der Waals surface area contributed by atoms with Gasteiger partial charge in [-0.2, -0.15) is 0 Å². The molecule has 1 rings (SSSR count). The molecule has 2 unspecified atom stereocenters. The van der Waals surface area contributed by atoms with Crippen molar-refractivity contribution in [3.8, 4) is 0 Å². The van der Waals surface area contributed by atoms with Crippen LogP contribution < -0.4 is 0 Å². The van der Waals surface area contributed by atoms with E-state index in [0.29, 0.717) is 12.8 Å². The van der Waals surface area contributed by atoms with E-state index in [1.807, 2.05) is 0 Å². The molecule has 1 heterocycles. The van der Waals surface area contributed by atoms with Gasteiger partial charge in [-0.25, -0.2) is 0 Å². The van der Waals surface area contributed by atoms with E-state index in [2.05, 4.69) is 38.2 Å². The summed E-state index contributed by atoms with van der Waals surface area (Å²) in [5.74, 6) is -0.834. The molecule has 1 saturated heterocycles. The first-order valence-electron chi connectivity index (χ1n) is 20.9. The first-order chi connectivity index (χ1) is 25.3. The van der Waals surface area contributed by atoms with Crippen molar-refractivity contribution < 1.29 is 49.0 Å². The Balaban J connectivity index is 2.38. The van der Waals surface area contributed by atoms with Crippen molar-refractivity contribution in [1.82, 2.24) is 0 Å². The van der Waals surface area contributed by atoms with E-state index in [4.69, 9.17) is 18.9 Å². The van der Waals surface area contributed by atoms with Gasteiger partial charge < -0.3 is 39.4 Å². The van der Waals surface area contributed by atoms with Gasteiger partial charge in [0, 0.05) is 12.8 Å². The maximum atomic E-state index is 12.7. The number of hydrogen-bond acceptors (Lipinski definition) is 10. The average Bonchev–Trinajstić information content (AvgIpc) is 3.14. The maximum Gasteiger partial charge on any atom is 0.306 e. The molecule has 0 radical (unpaired) electrons. The molecule has 6 atom stereocenters. The third-order valence-corrected chi connectivity index (χ3v) is 9.56. The number of allylic oxidation sites excluding steroid dienone is 4. The highest BCUT2D eigenvalue weighted by Crippen LogP contribution is 2.22. The molecule has 304 valence electrons. The highest BCUT2D eigenvalue weighted by Gasteiger charge is 2.44. The second-order valence-corrected chi connectivity index (χ2v) is 14.4. The van der Waals surface area contributed by atoms with Gasteiger partial charge >= 0.3 is 11.9 Å². The Kier molecular flexibility index (Phi) is 31.3. The smallest absolute Gasteiger partial charge is 0.306 e. The SMILES string of the molecule is CCCCCCC/C=C/CCCCCCCC(=O)OC[C@@H](CO[C@H]1O[C@@H](CO)[C@@H](O)C(O)C1O)OC(=O)CCCCC/C=C/CCCCCCCC. The first-order valence-corrected chi connectivity index (χ1v) is 20.9. The number of unbranched alkanes of at least 4 members (excludes halogenated alkanes) is 19. The summed E-state index contributed by atoms with van der Waals surface area (Å²) in [6, 6.07) is 0. The van der Waals surface area contributed by atoms with Crippen LogP contribution in [-0.4, -0.2) is 89.0 Å². The molecule has 0 saturated carbocycles. The lowest BCUT2D eigenvalue weighted by atomic mass is 9.99. The minimum Gasteiger partial charge on any atom is -0.462 e. The van der Waals surface area contributed by atoms with E-state index in [1.54, 1.807) is 0 Å². The van der Waals surface area contributed by atoms with Crippen molar-refractivity contribution in [3.05, 3.63) is 24.3 Å². The zero-order valence-corrected chi connectivity index (χ0v) is 32.8. The molecule has 10 nitrogen and oxygen atoms in total. The molecule has 0 amide bonds. The summed E-state index contributed by atoms with van der Waals surface area (Å²) in [4.78, 5) is 25.2. The van der Waals surface area contributed by atoms with Crippen molar-refractivity contribution in [1.29, 1.82) is 0 Å². The van der Waals surface area contributed by atoms with Crippen molar-refractivity contribution in [2.24, 2.45) is 0 Å². The Morgan fingerprint density at radius 1 is 0.577 bits per heavy atom. The van der Waals surface area contributed by atoms with E-state index >= 15 is 0 Å². The molecule has 1 aliphatic rings. The quantitative estimate of drug-likeness (QED) is 0.0289. The normalized spacial score (nSPS) is 21.2. The molecule has 52 heavy (non-hydrogen) atoms. The molecular formula is C42H76O10. The second kappa shape index (κ2) is 33.7. The summed E-state index contributed by atoms with van der Waals surface area (Å²) in [6.07, 6.45) is 27.6. The zero-order valence-electron chi connectivity index (χ0n) is 32.8. The largest absolute Gasteiger partial charge is 0.462 e. The maximum absolute atomic E-state index is 12.7. The van der Waals surface area contributed by atoms with E-state index in [9.17, 15) is 30.0 Å². The molecule has 0 aliphatic carbocycles. The summed E-state index contributed by atoms with van der Waals surface area (Å²) in [7, 11) is 0. The molecule has 1 fully saturated rings. The second-order valence-electron chi connectivity index (χ2n) is 14.4. The average molecular weight is 741 g/mol. The first kappa shape index (κ1) is 48.2. The molecule has 4 N–H and O–H groups in total. The number of ether oxygens (including phenoxy) is 4. The summed E-state index contributed by atoms with van der Waals surface area (Å²) in [5.41, 5.74) is 0. The third-order valence-electron chi connectivity index (χ3n) is 9.56. The van der Waals surface area contributed by atoms with Crippen LogP contribution >= 0.6 is 0 Å². The van der Waals surface area contributed by atoms with Crippen molar-refractivity contribution in [3.63, 3.8) is 0 Å². The van der Waals surface area contributed by atoms with Crippen LogP contribution in [0, 0.1) is 0 Å². The van der Waals surface area contributed by atoms with Gasteiger partial charge in [-0.05, 0) is 64.2 Å². The van der Waals surface area contributed by atoms with Crippen molar-refractivity contribution in [2.45, 2.75) is 211 Å². The van der Waals surface area contributed by atoms with Crippen molar-refractivity contribution in [2.75, 3.05) is 19.8 Å². The highest BCUT2D eigenvalue weighted by atomic mass is 16.7. The summed E-state index contributed by atoms with van der Waals surface area (Å²) in [6.45, 7) is 3.37. The number of carbonyl (C=O) groups is 2. The van der Waals surface area contributed by atoms with Gasteiger partial charge in [0.05, 0.1) is 13.2 Å². The van der Waals surface area contributed by atoms with E-state index in [1.165, 1.54) is 77.0 Å². The Labute approximate surface area is 315 Å². The van der Waals surface area contributed by atoms with Crippen LogP contribution in [0.25, 0.3) is 0 Å². The number of esters is 2. The van der Waals surface area contributed by atoms with Crippen molar-refractivity contribution >= 4 is 11.9 Å². The predicted octanol–water partition coefficient (Wildman–Crippen LogP) is 8.16. The Bertz CT molecular complexity index is 907. The molecular weight excluding hydrogens is 664 g/mol. The van der Waals surface area contributed by atoms with Gasteiger partial charge in [-0.1, -0.05) is 122 Å². The van der Waals surface area contributed by atoms with Crippen LogP contribution in [0.3, 0.4) is 0 Å². The van der Waals surface area contributed by atoms with Crippen LogP contribution in [0.1, 0.15) is 174 Å². The minimum atomic E-state index is -1.60. The Morgan fingerprint density at radius 2 is 1.02 bits per heavy atom. The molecule has 0 aromatic heterocycles. The van der Waals surface area contributed by atoms with Gasteiger partial charge in [0.2, 0.25) is 0 Å². The number of hydrogen-bond donors (Lipinski definition) is 4. The third kappa shape index (κ3) is 25.2. The number of carbonyl (C=O) groups excluding carboxylic acids is 2. The van der Waals surface area contributed by atoms with Gasteiger partial charge in [-0.3, -0.25) is 9.59 Å². The Hall–Kier alpha value is -1.82. The lowest BCUT2D eigenvalue weighted by Crippen LogP contribution is -2.59. The fourth-order valence-corrected chi connectivity index (χ4v) is 6.18. The number of aliphatic hydroxyl groups is 4. The van der Waals surface area contributed by atoms with Gasteiger partial charge in [-0.15, -0.1) is 0 Å². The molecule has 0 aromatic carbocycles.